The molecule has 19 heavy (non-hydrogen) atoms. The van der Waals surface area contributed by atoms with Crippen LogP contribution in [0.5, 0.6) is 0 Å². The van der Waals surface area contributed by atoms with Crippen molar-refractivity contribution in [2.75, 3.05) is 4.72 Å². The highest BCUT2D eigenvalue weighted by Gasteiger charge is 2.31. The van der Waals surface area contributed by atoms with Crippen LogP contribution in [-0.2, 0) is 10.0 Å². The molecule has 0 fully saturated rings. The number of nitrogens with one attached hydrogen (secondary N) is 1. The summed E-state index contributed by atoms with van der Waals surface area (Å²) < 4.78 is 36.0. The number of aryl methyl sites for hydroxylation is 2. The van der Waals surface area contributed by atoms with Gasteiger partial charge in [0.05, 0.1) is 6.20 Å². The molecule has 0 spiro atoms. The van der Waals surface area contributed by atoms with Gasteiger partial charge in [0.15, 0.2) is 0 Å². The Bertz CT molecular complexity index is 714. The van der Waals surface area contributed by atoms with Crippen molar-refractivity contribution < 1.29 is 27.3 Å². The molecule has 0 saturated carbocycles. The molecule has 2 aromatic heterocycles. The summed E-state index contributed by atoms with van der Waals surface area (Å²) in [7, 11) is -4.09. The first-order chi connectivity index (χ1) is 8.83. The number of sulfonamides is 1. The quantitative estimate of drug-likeness (QED) is 0.870. The fourth-order valence-electron chi connectivity index (χ4n) is 1.70. The maximum absolute atomic E-state index is 12.2. The average Bonchev–Trinajstić information content (AvgIpc) is 2.85. The summed E-state index contributed by atoms with van der Waals surface area (Å²) in [4.78, 5) is 10.7. The van der Waals surface area contributed by atoms with Gasteiger partial charge < -0.3 is 14.0 Å². The molecule has 0 atom stereocenters. The van der Waals surface area contributed by atoms with Gasteiger partial charge in [0, 0.05) is 0 Å². The van der Waals surface area contributed by atoms with E-state index < -0.39 is 20.9 Å². The molecule has 2 aromatic rings. The van der Waals surface area contributed by atoms with Crippen LogP contribution in [0.2, 0.25) is 0 Å². The van der Waals surface area contributed by atoms with Crippen molar-refractivity contribution in [3.05, 3.63) is 29.5 Å². The van der Waals surface area contributed by atoms with Gasteiger partial charge in [-0.25, -0.2) is 13.2 Å². The van der Waals surface area contributed by atoms with Gasteiger partial charge in [-0.15, -0.1) is 0 Å². The predicted molar refractivity (Wildman–Crippen MR) is 62.5 cm³/mol. The molecule has 0 radical (unpaired) electrons. The molecule has 0 aliphatic carbocycles. The molecule has 2 heterocycles. The molecule has 2 N–H and O–H groups in total. The summed E-state index contributed by atoms with van der Waals surface area (Å²) in [5.41, 5.74) is -0.295. The summed E-state index contributed by atoms with van der Waals surface area (Å²) >= 11 is 0. The summed E-state index contributed by atoms with van der Waals surface area (Å²) in [6.07, 6.45) is 2.24. The van der Waals surface area contributed by atoms with Gasteiger partial charge in [-0.2, -0.15) is 0 Å². The van der Waals surface area contributed by atoms with E-state index in [1.165, 1.54) is 13.8 Å². The van der Waals surface area contributed by atoms with E-state index in [2.05, 4.69) is 14.4 Å². The lowest BCUT2D eigenvalue weighted by Crippen LogP contribution is -2.16. The molecule has 0 aliphatic rings. The number of carboxylic acid groups (broad SMARTS) is 1. The number of furan rings is 1. The Morgan fingerprint density at radius 3 is 2.58 bits per heavy atom. The van der Waals surface area contributed by atoms with E-state index in [1.54, 1.807) is 0 Å². The van der Waals surface area contributed by atoms with E-state index >= 15 is 0 Å². The van der Waals surface area contributed by atoms with Crippen molar-refractivity contribution in [2.45, 2.75) is 18.7 Å². The molecule has 9 heteroatoms. The molecule has 2 rings (SSSR count). The highest BCUT2D eigenvalue weighted by molar-refractivity contribution is 7.92. The first-order valence-corrected chi connectivity index (χ1v) is 6.56. The lowest BCUT2D eigenvalue weighted by molar-refractivity contribution is 0.0691. The van der Waals surface area contributed by atoms with Crippen molar-refractivity contribution >= 4 is 21.7 Å². The number of hydrogen-bond donors (Lipinski definition) is 2. The number of anilines is 1. The van der Waals surface area contributed by atoms with E-state index in [0.717, 1.165) is 12.5 Å². The predicted octanol–water partition coefficient (Wildman–Crippen LogP) is 1.38. The smallest absolute Gasteiger partial charge is 0.340 e. The van der Waals surface area contributed by atoms with Gasteiger partial charge >= 0.3 is 5.97 Å². The summed E-state index contributed by atoms with van der Waals surface area (Å²) in [6.45, 7) is 2.76. The Morgan fingerprint density at radius 2 is 2.05 bits per heavy atom. The van der Waals surface area contributed by atoms with Crippen LogP contribution in [0.4, 0.5) is 5.69 Å². The van der Waals surface area contributed by atoms with E-state index in [4.69, 9.17) is 9.52 Å². The molecule has 8 nitrogen and oxygen atoms in total. The Labute approximate surface area is 108 Å². The maximum Gasteiger partial charge on any atom is 0.340 e. The number of rotatable bonds is 4. The number of aromatic carboxylic acids is 1. The fourth-order valence-corrected chi connectivity index (χ4v) is 3.13. The summed E-state index contributed by atoms with van der Waals surface area (Å²) in [5.74, 6) is -1.35. The zero-order valence-corrected chi connectivity index (χ0v) is 10.8. The molecule has 102 valence electrons. The minimum Gasteiger partial charge on any atom is -0.478 e. The molecule has 0 bridgehead atoms. The zero-order chi connectivity index (χ0) is 14.2. The second kappa shape index (κ2) is 4.43. The molecular formula is C10H10N2O6S. The van der Waals surface area contributed by atoms with Crippen LogP contribution in [0.15, 0.2) is 26.3 Å². The third-order valence-corrected chi connectivity index (χ3v) is 3.91. The average molecular weight is 286 g/mol. The van der Waals surface area contributed by atoms with Crippen LogP contribution < -0.4 is 4.72 Å². The molecule has 0 saturated heterocycles. The van der Waals surface area contributed by atoms with E-state index in [1.807, 2.05) is 0 Å². The summed E-state index contributed by atoms with van der Waals surface area (Å²) in [6, 6.07) is 0. The number of carboxylic acids is 1. The third-order valence-electron chi connectivity index (χ3n) is 2.37. The minimum absolute atomic E-state index is 0.00106. The lowest BCUT2D eigenvalue weighted by Gasteiger charge is -2.05. The third kappa shape index (κ3) is 2.32. The van der Waals surface area contributed by atoms with Crippen LogP contribution in [-0.4, -0.2) is 24.7 Å². The molecule has 0 aliphatic heterocycles. The highest BCUT2D eigenvalue weighted by Crippen LogP contribution is 2.28. The first kappa shape index (κ1) is 13.1. The van der Waals surface area contributed by atoms with Crippen molar-refractivity contribution in [1.82, 2.24) is 5.16 Å². The molecule has 0 aromatic carbocycles. The SMILES string of the molecule is Cc1oc(C)c(S(=O)(=O)Nc2cnoc2)c1C(=O)O. The second-order valence-electron chi connectivity index (χ2n) is 3.74. The summed E-state index contributed by atoms with van der Waals surface area (Å²) in [5, 5.41) is 12.4. The largest absolute Gasteiger partial charge is 0.478 e. The van der Waals surface area contributed by atoms with Crippen LogP contribution >= 0.6 is 0 Å². The molecule has 0 amide bonds. The Hall–Kier alpha value is -2.29. The minimum atomic E-state index is -4.09. The Balaban J connectivity index is 2.55. The number of hydrogen-bond acceptors (Lipinski definition) is 6. The van der Waals surface area contributed by atoms with Gasteiger partial charge in [-0.3, -0.25) is 4.72 Å². The Kier molecular flexibility index (Phi) is 3.06. The number of nitrogens with zero attached hydrogens (tertiary/aromatic N) is 1. The topological polar surface area (TPSA) is 123 Å². The van der Waals surface area contributed by atoms with E-state index in [0.29, 0.717) is 0 Å². The van der Waals surface area contributed by atoms with Gasteiger partial charge in [0.1, 0.15) is 33.9 Å². The van der Waals surface area contributed by atoms with Gasteiger partial charge in [0.25, 0.3) is 10.0 Å². The monoisotopic (exact) mass is 286 g/mol. The van der Waals surface area contributed by atoms with Crippen molar-refractivity contribution in [3.63, 3.8) is 0 Å². The van der Waals surface area contributed by atoms with E-state index in [9.17, 15) is 13.2 Å². The molecule has 0 unspecified atom stereocenters. The number of carbonyl (C=O) groups is 1. The van der Waals surface area contributed by atoms with Crippen molar-refractivity contribution in [2.24, 2.45) is 0 Å². The number of aromatic nitrogens is 1. The zero-order valence-electron chi connectivity index (χ0n) is 10.00. The Morgan fingerprint density at radius 1 is 1.37 bits per heavy atom. The lowest BCUT2D eigenvalue weighted by atomic mass is 10.2. The van der Waals surface area contributed by atoms with Crippen molar-refractivity contribution in [1.29, 1.82) is 0 Å². The van der Waals surface area contributed by atoms with Crippen LogP contribution in [0.25, 0.3) is 0 Å². The molecular weight excluding hydrogens is 276 g/mol. The highest BCUT2D eigenvalue weighted by atomic mass is 32.2. The van der Waals surface area contributed by atoms with Crippen LogP contribution in [0.1, 0.15) is 21.9 Å². The fraction of sp³-hybridized carbons (Fsp3) is 0.200. The van der Waals surface area contributed by atoms with Gasteiger partial charge in [-0.05, 0) is 13.8 Å². The maximum atomic E-state index is 12.2. The normalized spacial score (nSPS) is 11.5. The standard InChI is InChI=1S/C10H10N2O6S/c1-5-8(10(13)14)9(6(2)18-5)19(15,16)12-7-3-11-17-4-7/h3-4,12H,1-2H3,(H,13,14). The van der Waals surface area contributed by atoms with Crippen molar-refractivity contribution in [3.8, 4) is 0 Å². The van der Waals surface area contributed by atoms with E-state index in [-0.39, 0.29) is 22.8 Å². The first-order valence-electron chi connectivity index (χ1n) is 5.08. The van der Waals surface area contributed by atoms with Gasteiger partial charge in [-0.1, -0.05) is 5.16 Å². The van der Waals surface area contributed by atoms with Gasteiger partial charge in [0.2, 0.25) is 0 Å². The van der Waals surface area contributed by atoms with Crippen LogP contribution in [0.3, 0.4) is 0 Å². The second-order valence-corrected chi connectivity index (χ2v) is 5.36. The van der Waals surface area contributed by atoms with Crippen LogP contribution in [0, 0.1) is 13.8 Å².